The summed E-state index contributed by atoms with van der Waals surface area (Å²) >= 11 is 0. The normalized spacial score (nSPS) is 1.75. The Bertz CT molecular complexity index is 29.0. The van der Waals surface area contributed by atoms with Gasteiger partial charge in [-0.15, -0.1) is 0 Å². The fourth-order valence-corrected chi connectivity index (χ4v) is 0. The molecule has 14 valence electrons. The molecule has 0 aliphatic carbocycles. The van der Waals surface area contributed by atoms with Crippen LogP contribution in [0.2, 0.25) is 0 Å². The number of hydrogen-bond acceptors (Lipinski definition) is 0. The van der Waals surface area contributed by atoms with Crippen molar-refractivity contribution in [3.63, 3.8) is 0 Å². The van der Waals surface area contributed by atoms with E-state index in [4.69, 9.17) is 5.41 Å². The Labute approximate surface area is 48.3 Å². The van der Waals surface area contributed by atoms with Gasteiger partial charge >= 0.3 is 48.2 Å². The van der Waals surface area contributed by atoms with Crippen LogP contribution in [-0.2, 0) is 0 Å². The van der Waals surface area contributed by atoms with Crippen molar-refractivity contribution in [3.8, 4) is 0 Å². The minimum absolute atomic E-state index is 0. The predicted octanol–water partition coefficient (Wildman–Crippen LogP) is -3.63. The predicted molar refractivity (Wildman–Crippen MR) is 15.5 cm³/mol. The minimum atomic E-state index is 0. The molecule has 1 nitrogen and oxygen atoms in total. The summed E-state index contributed by atoms with van der Waals surface area (Å²) < 4.78 is 0. The molecule has 4 heavy (non-hydrogen) atoms. The third-order valence-corrected chi connectivity index (χ3v) is 0. The van der Waals surface area contributed by atoms with E-state index in [2.05, 4.69) is 7.49 Å². The summed E-state index contributed by atoms with van der Waals surface area (Å²) in [5.74, 6) is 1.50. The van der Waals surface area contributed by atoms with Crippen molar-refractivity contribution >= 4 is 13.2 Å². The fourth-order valence-electron chi connectivity index (χ4n) is 0. The molecule has 0 rings (SSSR count). The molecular formula is CHBNNa. The van der Waals surface area contributed by atoms with Crippen molar-refractivity contribution in [2.75, 3.05) is 0 Å². The Balaban J connectivity index is 0. The van der Waals surface area contributed by atoms with E-state index in [1.165, 1.54) is 5.76 Å². The molecule has 0 radical (unpaired) electrons. The maximum Gasteiger partial charge on any atom is 1.00 e. The van der Waals surface area contributed by atoms with E-state index >= 15 is 0 Å². The van der Waals surface area contributed by atoms with Crippen molar-refractivity contribution in [1.82, 2.24) is 0 Å². The fraction of sp³-hybridized carbons (Fsp3) is 0. The molecule has 0 N–H and O–H groups in total. The van der Waals surface area contributed by atoms with Crippen molar-refractivity contribution in [1.29, 1.82) is 0 Å². The van der Waals surface area contributed by atoms with Gasteiger partial charge in [0.25, 0.3) is 0 Å². The van der Waals surface area contributed by atoms with Crippen molar-refractivity contribution in [2.45, 2.75) is 0 Å². The standard InChI is InChI=1S/CHBN.Na/c2-1-3;/h2H;/q-1;+1. The van der Waals surface area contributed by atoms with Crippen LogP contribution in [0.25, 0.3) is 5.41 Å². The zero-order valence-corrected chi connectivity index (χ0v) is 4.65. The van der Waals surface area contributed by atoms with Gasteiger partial charge in [-0.2, -0.15) is 0 Å². The number of nitrogens with zero attached hydrogens (tertiary/aromatic N) is 1. The van der Waals surface area contributed by atoms with Crippen molar-refractivity contribution in [3.05, 3.63) is 5.41 Å². The summed E-state index contributed by atoms with van der Waals surface area (Å²) in [6.07, 6.45) is 0. The SMILES string of the molecule is B=C=[N-].[Na+]. The van der Waals surface area contributed by atoms with E-state index in [-0.39, 0.29) is 29.6 Å². The molecular weight excluding hydrogens is 59.8 g/mol. The molecule has 0 saturated heterocycles. The summed E-state index contributed by atoms with van der Waals surface area (Å²) in [5.41, 5.74) is 0. The molecule has 0 unspecified atom stereocenters. The van der Waals surface area contributed by atoms with Gasteiger partial charge in [0.05, 0.1) is 0 Å². The topological polar surface area (TPSA) is 22.3 Å². The Kier molecular flexibility index (Phi) is 20.8. The van der Waals surface area contributed by atoms with E-state index < -0.39 is 0 Å². The molecule has 3 heteroatoms. The summed E-state index contributed by atoms with van der Waals surface area (Å²) in [6.45, 7) is 0. The first-order chi connectivity index (χ1) is 1.41. The van der Waals surface area contributed by atoms with Gasteiger partial charge in [0.15, 0.2) is 0 Å². The first kappa shape index (κ1) is 8.82. The van der Waals surface area contributed by atoms with Crippen LogP contribution in [0.3, 0.4) is 0 Å². The van der Waals surface area contributed by atoms with Gasteiger partial charge in [0, 0.05) is 0 Å². The van der Waals surface area contributed by atoms with E-state index in [1.54, 1.807) is 0 Å². The molecule has 0 spiro atoms. The van der Waals surface area contributed by atoms with Gasteiger partial charge in [0.1, 0.15) is 0 Å². The molecule has 0 atom stereocenters. The second-order valence-corrected chi connectivity index (χ2v) is 0.158. The third kappa shape index (κ3) is 17.2. The second-order valence-electron chi connectivity index (χ2n) is 0.158. The number of rotatable bonds is 0. The first-order valence-electron chi connectivity index (χ1n) is 0.577. The molecule has 0 saturated carbocycles. The summed E-state index contributed by atoms with van der Waals surface area (Å²) in [4.78, 5) is 0. The molecule has 0 aromatic carbocycles. The first-order valence-corrected chi connectivity index (χ1v) is 0.577. The molecule has 0 aromatic rings. The Morgan fingerprint density at radius 2 is 1.75 bits per heavy atom. The maximum atomic E-state index is 7.21. The van der Waals surface area contributed by atoms with Gasteiger partial charge in [-0.1, -0.05) is 0 Å². The molecule has 0 aliphatic heterocycles. The maximum absolute atomic E-state index is 7.21. The van der Waals surface area contributed by atoms with Gasteiger partial charge < -0.3 is 0 Å². The monoisotopic (exact) mass is 61.0 g/mol. The molecule has 0 aromatic heterocycles. The summed E-state index contributed by atoms with van der Waals surface area (Å²) in [7, 11) is 2.79. The molecule has 0 aliphatic rings. The van der Waals surface area contributed by atoms with Crippen LogP contribution in [0, 0.1) is 0 Å². The van der Waals surface area contributed by atoms with Crippen LogP contribution in [0.4, 0.5) is 0 Å². The molecule has 0 fully saturated rings. The van der Waals surface area contributed by atoms with Crippen LogP contribution < -0.4 is 29.6 Å². The Hall–Kier alpha value is 0.645. The quantitative estimate of drug-likeness (QED) is 0.204. The van der Waals surface area contributed by atoms with Crippen LogP contribution in [0.1, 0.15) is 0 Å². The third-order valence-electron chi connectivity index (χ3n) is 0. The smallest absolute Gasteiger partial charge is 1.00 e. The van der Waals surface area contributed by atoms with E-state index in [1.807, 2.05) is 0 Å². The van der Waals surface area contributed by atoms with E-state index in [0.717, 1.165) is 0 Å². The van der Waals surface area contributed by atoms with Crippen molar-refractivity contribution < 1.29 is 29.6 Å². The van der Waals surface area contributed by atoms with Crippen LogP contribution in [0.15, 0.2) is 0 Å². The van der Waals surface area contributed by atoms with Gasteiger partial charge in [-0.3, -0.25) is 0 Å². The zero-order valence-electron chi connectivity index (χ0n) is 2.65. The van der Waals surface area contributed by atoms with Gasteiger partial charge in [0.2, 0.25) is 0 Å². The summed E-state index contributed by atoms with van der Waals surface area (Å²) in [5, 5.41) is 7.21. The van der Waals surface area contributed by atoms with E-state index in [9.17, 15) is 0 Å². The minimum Gasteiger partial charge on any atom is 1.00 e. The molecule has 0 bridgehead atoms. The van der Waals surface area contributed by atoms with Crippen LogP contribution in [-0.4, -0.2) is 13.2 Å². The van der Waals surface area contributed by atoms with Gasteiger partial charge in [-0.05, 0) is 0 Å². The molecule has 0 amide bonds. The molecule has 0 heterocycles. The van der Waals surface area contributed by atoms with Crippen LogP contribution >= 0.6 is 0 Å². The van der Waals surface area contributed by atoms with Gasteiger partial charge in [-0.25, -0.2) is 0 Å². The van der Waals surface area contributed by atoms with E-state index in [0.29, 0.717) is 0 Å². The van der Waals surface area contributed by atoms with Crippen LogP contribution in [0.5, 0.6) is 0 Å². The van der Waals surface area contributed by atoms with Crippen molar-refractivity contribution in [2.24, 2.45) is 0 Å². The largest absolute Gasteiger partial charge is 1.00 e. The Morgan fingerprint density at radius 3 is 1.75 bits per heavy atom. The average Bonchev–Trinajstić information content (AvgIpc) is 0.918. The average molecular weight is 60.8 g/mol. The Morgan fingerprint density at radius 1 is 1.75 bits per heavy atom. The summed E-state index contributed by atoms with van der Waals surface area (Å²) in [6, 6.07) is 0. The number of hydrogen-bond donors (Lipinski definition) is 0. The second kappa shape index (κ2) is 9.42. The zero-order chi connectivity index (χ0) is 2.71.